The molecule has 105 heavy (non-hydrogen) atoms. The van der Waals surface area contributed by atoms with E-state index >= 15 is 9.59 Å². The minimum absolute atomic E-state index is 0. The second kappa shape index (κ2) is 45.9. The van der Waals surface area contributed by atoms with E-state index in [-0.39, 0.29) is 199 Å². The SMILES string of the molecule is [CH2-]C(=O)NCCN(CCNC([CH2-])=O)CC(=O)N[C@@H](Cc1ccccc1)C(=O)N[C@@H](Cc1cnc[nH]1)C(=O)N[C@H]1CSSC[C@@H](C(=O)N[C@@H](Cc2cnc[nH]2)C(=O)N[C@H](C(C)=O)C(C)CC)NC(=O)[C@H](CC(C)C)NC(=O)[C@H](CC(=O)O)NC(=O)[C@H](Cc2ccc(O)cc2)NC(=O)[C@@H]2CCCN2C1=O.[Gd].[Gd]. The third kappa shape index (κ3) is 30.7. The van der Waals surface area contributed by atoms with Gasteiger partial charge in [-0.25, -0.2) is 9.97 Å². The molecule has 0 saturated carbocycles. The number of aliphatic carboxylic acids is 1. The quantitative estimate of drug-likeness (QED) is 0.0190. The van der Waals surface area contributed by atoms with Crippen molar-refractivity contribution in [3.05, 3.63) is 116 Å². The number of hydrogen-bond acceptors (Lipinski definition) is 20. The van der Waals surface area contributed by atoms with Crippen LogP contribution in [0.2, 0.25) is 0 Å². The van der Waals surface area contributed by atoms with Crippen molar-refractivity contribution in [3.63, 3.8) is 0 Å². The normalized spacial score (nSPS) is 19.6. The van der Waals surface area contributed by atoms with E-state index in [9.17, 15) is 67.7 Å². The van der Waals surface area contributed by atoms with Crippen LogP contribution in [0.4, 0.5) is 0 Å². The minimum Gasteiger partial charge on any atom is -0.508 e. The van der Waals surface area contributed by atoms with Crippen LogP contribution < -0.4 is 58.5 Å². The molecular formula is C68H93Gd2N17O16S2-2. The van der Waals surface area contributed by atoms with Crippen LogP contribution in [0, 0.1) is 106 Å². The van der Waals surface area contributed by atoms with Crippen LogP contribution in [0.15, 0.2) is 79.6 Å². The van der Waals surface area contributed by atoms with Gasteiger partial charge in [0.2, 0.25) is 59.1 Å². The molecule has 2 aliphatic heterocycles. The summed E-state index contributed by atoms with van der Waals surface area (Å²) in [6.07, 6.45) is 4.27. The summed E-state index contributed by atoms with van der Waals surface area (Å²) in [4.78, 5) is 213. The number of carbonyl (C=O) groups is 14. The summed E-state index contributed by atoms with van der Waals surface area (Å²) in [5.74, 6) is -13.5. The van der Waals surface area contributed by atoms with Crippen molar-refractivity contribution in [2.24, 2.45) is 11.8 Å². The molecule has 0 radical (unpaired) electrons. The predicted octanol–water partition coefficient (Wildman–Crippen LogP) is -1.78. The average Bonchev–Trinajstić information content (AvgIpc) is 1.76. The van der Waals surface area contributed by atoms with Crippen molar-refractivity contribution < 1.29 is 157 Å². The molecule has 11 atom stereocenters. The fraction of sp³-hybridized carbons (Fsp3) is 0.500. The van der Waals surface area contributed by atoms with Gasteiger partial charge in [-0.15, -0.1) is 0 Å². The maximum absolute atomic E-state index is 15.5. The molecule has 0 spiro atoms. The fourth-order valence-electron chi connectivity index (χ4n) is 11.4. The number of fused-ring (bicyclic) bond motifs is 1. The van der Waals surface area contributed by atoms with Crippen LogP contribution in [-0.2, 0) is 92.8 Å². The number of aromatic nitrogens is 4. The van der Waals surface area contributed by atoms with E-state index in [2.05, 4.69) is 92.3 Å². The number of aromatic hydroxyl groups is 1. The number of rotatable bonds is 32. The number of nitrogens with one attached hydrogen (secondary N) is 13. The number of phenolic OH excluding ortho intramolecular Hbond substituents is 1. The molecule has 33 nitrogen and oxygen atoms in total. The van der Waals surface area contributed by atoms with Gasteiger partial charge < -0.3 is 107 Å². The Morgan fingerprint density at radius 2 is 1.22 bits per heavy atom. The van der Waals surface area contributed by atoms with Gasteiger partial charge in [-0.05, 0) is 61.3 Å². The van der Waals surface area contributed by atoms with Gasteiger partial charge in [0, 0.05) is 174 Å². The zero-order valence-corrected chi connectivity index (χ0v) is 65.0. The molecule has 2 aliphatic rings. The Kier molecular flexibility index (Phi) is 39.3. The molecule has 1 unspecified atom stereocenters. The molecule has 2 aromatic carbocycles. The van der Waals surface area contributed by atoms with Crippen LogP contribution in [0.3, 0.4) is 0 Å². The van der Waals surface area contributed by atoms with E-state index in [1.54, 1.807) is 56.0 Å². The van der Waals surface area contributed by atoms with Crippen molar-refractivity contribution in [1.82, 2.24) is 88.2 Å². The molecule has 4 heterocycles. The third-order valence-electron chi connectivity index (χ3n) is 17.0. The van der Waals surface area contributed by atoms with Gasteiger partial charge in [-0.3, -0.25) is 62.4 Å². The minimum atomic E-state index is -1.89. The number of benzene rings is 2. The number of nitrogens with zero attached hydrogens (tertiary/aromatic N) is 4. The van der Waals surface area contributed by atoms with E-state index < -0.39 is 144 Å². The second-order valence-corrected chi connectivity index (χ2v) is 28.2. The number of Topliss-reactive ketones (excluding diaryl/α,β-unsaturated/α-hetero) is 1. The first-order valence-corrected chi connectivity index (χ1v) is 36.2. The number of carboxylic acid groups (broad SMARTS) is 1. The first kappa shape index (κ1) is 89.9. The number of phenols is 1. The molecular weight excluding hydrogens is 1690 g/mol. The van der Waals surface area contributed by atoms with Gasteiger partial charge in [-0.1, -0.05) is 98.2 Å². The monoisotopic (exact) mass is 1780 g/mol. The maximum Gasteiger partial charge on any atom is 0.305 e. The molecule has 2 saturated heterocycles. The number of H-pyrrole nitrogens is 2. The van der Waals surface area contributed by atoms with E-state index in [4.69, 9.17) is 0 Å². The number of imidazole rings is 2. The number of hydrogen-bond donors (Lipinski definition) is 15. The zero-order valence-electron chi connectivity index (χ0n) is 58.8. The Balaban J connectivity index is 0.0000117. The van der Waals surface area contributed by atoms with Gasteiger partial charge in [-0.2, -0.15) is 0 Å². The summed E-state index contributed by atoms with van der Waals surface area (Å²) in [5.41, 5.74) is 1.72. The first-order chi connectivity index (χ1) is 49.1. The van der Waals surface area contributed by atoms with Crippen LogP contribution in [0.5, 0.6) is 5.75 Å². The molecule has 0 bridgehead atoms. The Bertz CT molecular complexity index is 3550. The number of aromatic amines is 2. The zero-order chi connectivity index (χ0) is 75.3. The van der Waals surface area contributed by atoms with Gasteiger partial charge in [0.15, 0.2) is 5.78 Å². The number of amides is 12. The van der Waals surface area contributed by atoms with Crippen LogP contribution in [-0.4, -0.2) is 234 Å². The predicted molar refractivity (Wildman–Crippen MR) is 379 cm³/mol. The molecule has 0 aliphatic carbocycles. The van der Waals surface area contributed by atoms with Crippen molar-refractivity contribution in [2.45, 2.75) is 153 Å². The van der Waals surface area contributed by atoms with Crippen LogP contribution in [0.25, 0.3) is 0 Å². The van der Waals surface area contributed by atoms with Crippen molar-refractivity contribution in [3.8, 4) is 5.75 Å². The van der Waals surface area contributed by atoms with E-state index in [1.165, 1.54) is 61.1 Å². The molecule has 4 aromatic rings. The average molecular weight is 1780 g/mol. The number of carbonyl (C=O) groups excluding carboxylic acids is 13. The Morgan fingerprint density at radius 3 is 1.78 bits per heavy atom. The molecule has 576 valence electrons. The molecule has 2 fully saturated rings. The van der Waals surface area contributed by atoms with Crippen LogP contribution >= 0.6 is 21.6 Å². The molecule has 6 rings (SSSR count). The van der Waals surface area contributed by atoms with E-state index in [0.29, 0.717) is 28.9 Å². The molecule has 37 heteroatoms. The summed E-state index contributed by atoms with van der Waals surface area (Å²) < 4.78 is 0. The van der Waals surface area contributed by atoms with Gasteiger partial charge in [0.1, 0.15) is 60.1 Å². The van der Waals surface area contributed by atoms with Crippen molar-refractivity contribution in [1.29, 1.82) is 0 Å². The molecule has 2 aromatic heterocycles. The smallest absolute Gasteiger partial charge is 0.305 e. The van der Waals surface area contributed by atoms with E-state index in [1.807, 2.05) is 6.92 Å². The first-order valence-electron chi connectivity index (χ1n) is 33.7. The number of carboxylic acids is 1. The Labute approximate surface area is 680 Å². The summed E-state index contributed by atoms with van der Waals surface area (Å²) in [7, 11) is 1.86. The fourth-order valence-corrected chi connectivity index (χ4v) is 13.7. The van der Waals surface area contributed by atoms with E-state index in [0.717, 1.165) is 21.6 Å². The summed E-state index contributed by atoms with van der Waals surface area (Å²) in [5, 5.41) is 49.6. The second-order valence-electron chi connectivity index (χ2n) is 25.6. The Morgan fingerprint density at radius 1 is 0.667 bits per heavy atom. The number of ketones is 1. The van der Waals surface area contributed by atoms with Crippen molar-refractivity contribution in [2.75, 3.05) is 50.8 Å². The molecule has 15 N–H and O–H groups in total. The maximum atomic E-state index is 15.5. The van der Waals surface area contributed by atoms with Gasteiger partial charge in [0.25, 0.3) is 0 Å². The standard InChI is InChI=1S/C68H93N17O16S2.2Gd/c1-8-39(4)59(40(5)86)83-65(98)52(29-46-32-70-37-74-46)78-66(99)54-34-102-103-35-55(82-63(96)51(28-45-31-69-36-73-45)77-61(94)49(26-43-13-10-9-11-14-43)75-57(90)33-84(23-20-71-41(6)87)24-21-72-42(7)88)68(101)85-22-12-15-56(85)67(100)80-50(27-44-16-18-47(89)19-17-44)62(95)79-53(30-58(91)92)64(97)76-48(25-38(2)3)60(93)81-54;;/h9-11,13-14,16-19,31-32,36-39,48-56,59,89H,6-8,12,15,20-30,33-35H2,1-5H3,(H,69,73)(H,70,74)(H,71,87)(H,72,88)(H,75,90)(H,76,97)(H,77,94)(H,78,99)(H,79,95)(H,80,100)(H,81,93)(H,82,96)(H,83,98)(H,91,92);;/q-2;;/t39?,48-,49-,50-,51-,52-,53-,54-,55-,56-,59-;;/m0../s1. The Hall–Kier alpha value is -7.51. The topological polar surface area (TPSA) is 476 Å². The summed E-state index contributed by atoms with van der Waals surface area (Å²) in [6, 6.07) is -0.585. The van der Waals surface area contributed by atoms with Crippen LogP contribution in [0.1, 0.15) is 89.2 Å². The summed E-state index contributed by atoms with van der Waals surface area (Å²) in [6.45, 7) is 15.0. The van der Waals surface area contributed by atoms with Crippen molar-refractivity contribution >= 4 is 104 Å². The largest absolute Gasteiger partial charge is 0.508 e. The van der Waals surface area contributed by atoms with Gasteiger partial charge >= 0.3 is 5.97 Å². The third-order valence-corrected chi connectivity index (χ3v) is 19.4. The summed E-state index contributed by atoms with van der Waals surface area (Å²) >= 11 is 0. The molecule has 12 amide bonds. The van der Waals surface area contributed by atoms with Gasteiger partial charge in [0.05, 0.1) is 43.5 Å².